The van der Waals surface area contributed by atoms with E-state index in [9.17, 15) is 9.59 Å². The SMILES string of the molecule is CC(C)(C)OC(=O)COCCOCCOCCOCCOCCOCC(=O)O. The van der Waals surface area contributed by atoms with Crippen LogP contribution in [0, 0.1) is 0 Å². The number of ether oxygens (including phenoxy) is 7. The Balaban J connectivity index is 3.14. The molecule has 0 fully saturated rings. The molecule has 0 aromatic heterocycles. The van der Waals surface area contributed by atoms with Gasteiger partial charge in [-0.2, -0.15) is 0 Å². The highest BCUT2D eigenvalue weighted by Crippen LogP contribution is 2.06. The second-order valence-electron chi connectivity index (χ2n) is 6.53. The van der Waals surface area contributed by atoms with Gasteiger partial charge in [0, 0.05) is 0 Å². The van der Waals surface area contributed by atoms with Crippen molar-refractivity contribution in [1.29, 1.82) is 0 Å². The lowest BCUT2D eigenvalue weighted by Crippen LogP contribution is -2.27. The number of carbonyl (C=O) groups is 2. The van der Waals surface area contributed by atoms with E-state index in [1.165, 1.54) is 0 Å². The van der Waals surface area contributed by atoms with Crippen LogP contribution in [0.5, 0.6) is 0 Å². The average molecular weight is 410 g/mol. The molecule has 0 amide bonds. The molecule has 0 spiro atoms. The molecule has 28 heavy (non-hydrogen) atoms. The summed E-state index contributed by atoms with van der Waals surface area (Å²) >= 11 is 0. The van der Waals surface area contributed by atoms with Crippen molar-refractivity contribution in [3.63, 3.8) is 0 Å². The van der Waals surface area contributed by atoms with E-state index < -0.39 is 17.5 Å². The molecule has 1 N–H and O–H groups in total. The minimum Gasteiger partial charge on any atom is -0.480 e. The highest BCUT2D eigenvalue weighted by molar-refractivity contribution is 5.71. The Morgan fingerprint density at radius 1 is 0.607 bits per heavy atom. The van der Waals surface area contributed by atoms with Crippen LogP contribution in [-0.4, -0.2) is 102 Å². The number of carboxylic acids is 1. The third-order valence-electron chi connectivity index (χ3n) is 2.73. The standard InChI is InChI=1S/C18H34O10/c1-18(2,3)28-17(21)15-27-13-11-25-9-7-23-5-4-22-6-8-24-10-12-26-14-16(19)20/h4-15H2,1-3H3,(H,19,20). The third kappa shape index (κ3) is 22.7. The Labute approximate surface area is 166 Å². The molecule has 0 bridgehead atoms. The van der Waals surface area contributed by atoms with Crippen molar-refractivity contribution in [1.82, 2.24) is 0 Å². The minimum absolute atomic E-state index is 0.0897. The van der Waals surface area contributed by atoms with E-state index in [1.807, 2.05) is 0 Å². The van der Waals surface area contributed by atoms with Crippen molar-refractivity contribution < 1.29 is 47.9 Å². The number of carbonyl (C=O) groups excluding carboxylic acids is 1. The van der Waals surface area contributed by atoms with Crippen LogP contribution in [0.4, 0.5) is 0 Å². The molecule has 166 valence electrons. The van der Waals surface area contributed by atoms with E-state index in [4.69, 9.17) is 38.3 Å². The summed E-state index contributed by atoms with van der Waals surface area (Å²) in [5, 5.41) is 8.36. The second-order valence-corrected chi connectivity index (χ2v) is 6.53. The lowest BCUT2D eigenvalue weighted by atomic mass is 10.2. The number of rotatable bonds is 19. The van der Waals surface area contributed by atoms with Gasteiger partial charge >= 0.3 is 11.9 Å². The average Bonchev–Trinajstić information content (AvgIpc) is 2.59. The van der Waals surface area contributed by atoms with Crippen molar-refractivity contribution in [3.8, 4) is 0 Å². The van der Waals surface area contributed by atoms with E-state index in [2.05, 4.69) is 0 Å². The van der Waals surface area contributed by atoms with Gasteiger partial charge < -0.3 is 38.3 Å². The normalized spacial score (nSPS) is 11.5. The van der Waals surface area contributed by atoms with Gasteiger partial charge in [0.2, 0.25) is 0 Å². The molecule has 0 radical (unpaired) electrons. The monoisotopic (exact) mass is 410 g/mol. The largest absolute Gasteiger partial charge is 0.480 e. The summed E-state index contributed by atoms with van der Waals surface area (Å²) in [6, 6.07) is 0. The van der Waals surface area contributed by atoms with Gasteiger partial charge in [-0.15, -0.1) is 0 Å². The van der Waals surface area contributed by atoms with Crippen LogP contribution in [-0.2, 0) is 42.7 Å². The molecule has 0 aromatic carbocycles. The molecular weight excluding hydrogens is 376 g/mol. The second kappa shape index (κ2) is 17.8. The Morgan fingerprint density at radius 3 is 1.25 bits per heavy atom. The highest BCUT2D eigenvalue weighted by Gasteiger charge is 2.15. The fourth-order valence-electron chi connectivity index (χ4n) is 1.68. The zero-order valence-electron chi connectivity index (χ0n) is 17.1. The molecule has 10 nitrogen and oxygen atoms in total. The summed E-state index contributed by atoms with van der Waals surface area (Å²) in [6.45, 7) is 8.82. The first-order valence-electron chi connectivity index (χ1n) is 9.21. The van der Waals surface area contributed by atoms with Crippen LogP contribution >= 0.6 is 0 Å². The van der Waals surface area contributed by atoms with Crippen LogP contribution < -0.4 is 0 Å². The van der Waals surface area contributed by atoms with Crippen molar-refractivity contribution in [3.05, 3.63) is 0 Å². The lowest BCUT2D eigenvalue weighted by Gasteiger charge is -2.19. The van der Waals surface area contributed by atoms with E-state index in [1.54, 1.807) is 20.8 Å². The quantitative estimate of drug-likeness (QED) is 0.238. The third-order valence-corrected chi connectivity index (χ3v) is 2.73. The zero-order chi connectivity index (χ0) is 21.1. The predicted octanol–water partition coefficient (Wildman–Crippen LogP) is 0.512. The van der Waals surface area contributed by atoms with Gasteiger partial charge in [-0.25, -0.2) is 9.59 Å². The first kappa shape index (κ1) is 26.7. The Bertz CT molecular complexity index is 394. The number of hydrogen-bond donors (Lipinski definition) is 1. The van der Waals surface area contributed by atoms with E-state index in [0.29, 0.717) is 59.5 Å². The first-order valence-corrected chi connectivity index (χ1v) is 9.21. The smallest absolute Gasteiger partial charge is 0.332 e. The van der Waals surface area contributed by atoms with Crippen molar-refractivity contribution >= 4 is 11.9 Å². The summed E-state index contributed by atoms with van der Waals surface area (Å²) in [4.78, 5) is 21.6. The van der Waals surface area contributed by atoms with Gasteiger partial charge in [-0.1, -0.05) is 0 Å². The van der Waals surface area contributed by atoms with Crippen LogP contribution in [0.25, 0.3) is 0 Å². The molecule has 0 aliphatic rings. The summed E-state index contributed by atoms with van der Waals surface area (Å²) in [5.74, 6) is -1.40. The fourth-order valence-corrected chi connectivity index (χ4v) is 1.68. The van der Waals surface area contributed by atoms with Gasteiger partial charge in [0.1, 0.15) is 18.8 Å². The molecule has 0 heterocycles. The van der Waals surface area contributed by atoms with Gasteiger partial charge in [0.25, 0.3) is 0 Å². The van der Waals surface area contributed by atoms with Gasteiger partial charge in [-0.05, 0) is 20.8 Å². The molecule has 0 saturated heterocycles. The van der Waals surface area contributed by atoms with Gasteiger partial charge in [0.05, 0.1) is 66.1 Å². The van der Waals surface area contributed by atoms with Crippen LogP contribution in [0.15, 0.2) is 0 Å². The Kier molecular flexibility index (Phi) is 16.9. The summed E-state index contributed by atoms with van der Waals surface area (Å²) in [6.07, 6.45) is 0. The van der Waals surface area contributed by atoms with Crippen LogP contribution in [0.2, 0.25) is 0 Å². The number of aliphatic carboxylic acids is 1. The molecule has 0 atom stereocenters. The number of hydrogen-bond acceptors (Lipinski definition) is 9. The molecule has 0 aliphatic carbocycles. The summed E-state index contributed by atoms with van der Waals surface area (Å²) < 4.78 is 36.2. The maximum absolute atomic E-state index is 11.4. The van der Waals surface area contributed by atoms with E-state index in [-0.39, 0.29) is 19.8 Å². The van der Waals surface area contributed by atoms with Crippen molar-refractivity contribution in [2.24, 2.45) is 0 Å². The maximum atomic E-state index is 11.4. The van der Waals surface area contributed by atoms with E-state index in [0.717, 1.165) is 0 Å². The van der Waals surface area contributed by atoms with Crippen molar-refractivity contribution in [2.75, 3.05) is 79.3 Å². The molecule has 0 unspecified atom stereocenters. The number of esters is 1. The Hall–Kier alpha value is -1.30. The van der Waals surface area contributed by atoms with Gasteiger partial charge in [0.15, 0.2) is 0 Å². The molecule has 0 aliphatic heterocycles. The maximum Gasteiger partial charge on any atom is 0.332 e. The summed E-state index contributed by atoms with van der Waals surface area (Å²) in [5.41, 5.74) is -0.511. The first-order chi connectivity index (χ1) is 13.3. The lowest BCUT2D eigenvalue weighted by molar-refractivity contribution is -0.160. The predicted molar refractivity (Wildman–Crippen MR) is 98.4 cm³/mol. The Morgan fingerprint density at radius 2 is 0.929 bits per heavy atom. The topological polar surface area (TPSA) is 119 Å². The van der Waals surface area contributed by atoms with E-state index >= 15 is 0 Å². The fraction of sp³-hybridized carbons (Fsp3) is 0.889. The minimum atomic E-state index is -1.000. The van der Waals surface area contributed by atoms with Crippen LogP contribution in [0.3, 0.4) is 0 Å². The summed E-state index contributed by atoms with van der Waals surface area (Å²) in [7, 11) is 0. The molecule has 0 aromatic rings. The highest BCUT2D eigenvalue weighted by atomic mass is 16.6. The molecular formula is C18H34O10. The molecule has 0 rings (SSSR count). The molecule has 10 heteroatoms. The van der Waals surface area contributed by atoms with Crippen LogP contribution in [0.1, 0.15) is 20.8 Å². The van der Waals surface area contributed by atoms with Crippen molar-refractivity contribution in [2.45, 2.75) is 26.4 Å². The van der Waals surface area contributed by atoms with Gasteiger partial charge in [-0.3, -0.25) is 0 Å². The zero-order valence-corrected chi connectivity index (χ0v) is 17.1. The molecule has 0 saturated carbocycles. The number of carboxylic acid groups (broad SMARTS) is 1.